The molecule has 4 aliphatic carbocycles. The molecule has 4 saturated carbocycles. The van der Waals surface area contributed by atoms with Crippen molar-refractivity contribution in [3.8, 4) is 0 Å². The molecule has 4 aliphatic rings. The number of aliphatic carboxylic acids is 1. The normalized spacial score (nSPS) is 44.0. The molecule has 1 unspecified atom stereocenters. The Morgan fingerprint density at radius 1 is 1.09 bits per heavy atom. The van der Waals surface area contributed by atoms with E-state index >= 15 is 0 Å². The SMILES string of the molecule is C[C@]12CC[C@]3(C1)[C@H](CC2=O)C[C@@H](OC(=O)c1ccccc1)C1[C@@](CO)(C(=O)O)CCC[C@@]13C. The van der Waals surface area contributed by atoms with Crippen LogP contribution in [0.5, 0.6) is 0 Å². The zero-order valence-corrected chi connectivity index (χ0v) is 19.5. The molecule has 6 heteroatoms. The number of rotatable bonds is 4. The first-order valence-corrected chi connectivity index (χ1v) is 12.3. The first kappa shape index (κ1) is 22.6. The lowest BCUT2D eigenvalue weighted by atomic mass is 9.37. The minimum absolute atomic E-state index is 0.0682. The van der Waals surface area contributed by atoms with Crippen LogP contribution in [0.3, 0.4) is 0 Å². The largest absolute Gasteiger partial charge is 0.481 e. The number of fused-ring (bicyclic) bond motifs is 2. The number of hydrogen-bond donors (Lipinski definition) is 2. The third-order valence-electron chi connectivity index (χ3n) is 10.3. The maximum atomic E-state index is 13.1. The van der Waals surface area contributed by atoms with Crippen molar-refractivity contribution < 1.29 is 29.3 Å². The van der Waals surface area contributed by atoms with Gasteiger partial charge in [-0.1, -0.05) is 38.5 Å². The molecule has 0 amide bonds. The summed E-state index contributed by atoms with van der Waals surface area (Å²) in [6, 6.07) is 8.74. The fourth-order valence-electron chi connectivity index (χ4n) is 8.70. The number of aliphatic hydroxyl groups is 1. The quantitative estimate of drug-likeness (QED) is 0.660. The maximum absolute atomic E-state index is 13.1. The van der Waals surface area contributed by atoms with E-state index in [0.717, 1.165) is 25.7 Å². The Labute approximate surface area is 194 Å². The van der Waals surface area contributed by atoms with Gasteiger partial charge in [-0.15, -0.1) is 0 Å². The number of carbonyl (C=O) groups excluding carboxylic acids is 2. The van der Waals surface area contributed by atoms with Crippen LogP contribution in [0, 0.1) is 33.5 Å². The predicted molar refractivity (Wildman–Crippen MR) is 120 cm³/mol. The van der Waals surface area contributed by atoms with Crippen LogP contribution in [-0.2, 0) is 14.3 Å². The van der Waals surface area contributed by atoms with Crippen LogP contribution in [0.15, 0.2) is 30.3 Å². The molecule has 1 spiro atoms. The molecule has 178 valence electrons. The summed E-state index contributed by atoms with van der Waals surface area (Å²) in [6.45, 7) is 3.76. The number of hydrogen-bond acceptors (Lipinski definition) is 5. The van der Waals surface area contributed by atoms with Gasteiger partial charge in [0.25, 0.3) is 0 Å². The second kappa shape index (κ2) is 7.39. The third-order valence-corrected chi connectivity index (χ3v) is 10.3. The number of aliphatic hydroxyl groups excluding tert-OH is 1. The average Bonchev–Trinajstić information content (AvgIpc) is 3.13. The summed E-state index contributed by atoms with van der Waals surface area (Å²) in [7, 11) is 0. The molecule has 4 fully saturated rings. The maximum Gasteiger partial charge on any atom is 0.338 e. The molecule has 33 heavy (non-hydrogen) atoms. The van der Waals surface area contributed by atoms with Crippen molar-refractivity contribution in [2.75, 3.05) is 6.61 Å². The smallest absolute Gasteiger partial charge is 0.338 e. The number of carboxylic acid groups (broad SMARTS) is 1. The number of Topliss-reactive ketones (excluding diaryl/α,β-unsaturated/α-hetero) is 1. The van der Waals surface area contributed by atoms with Crippen LogP contribution in [0.25, 0.3) is 0 Å². The van der Waals surface area contributed by atoms with Crippen LogP contribution in [0.1, 0.15) is 75.6 Å². The highest BCUT2D eigenvalue weighted by Crippen LogP contribution is 2.75. The first-order chi connectivity index (χ1) is 15.6. The van der Waals surface area contributed by atoms with Crippen molar-refractivity contribution in [2.45, 2.75) is 71.3 Å². The van der Waals surface area contributed by atoms with E-state index in [1.165, 1.54) is 0 Å². The first-order valence-electron chi connectivity index (χ1n) is 12.3. The molecular weight excluding hydrogens is 420 g/mol. The zero-order valence-electron chi connectivity index (χ0n) is 19.5. The van der Waals surface area contributed by atoms with E-state index < -0.39 is 41.4 Å². The Bertz CT molecular complexity index is 990. The highest BCUT2D eigenvalue weighted by atomic mass is 16.5. The molecule has 1 aromatic carbocycles. The van der Waals surface area contributed by atoms with Crippen molar-refractivity contribution in [3.63, 3.8) is 0 Å². The molecule has 2 bridgehead atoms. The number of carboxylic acids is 1. The third kappa shape index (κ3) is 2.92. The van der Waals surface area contributed by atoms with Crippen LogP contribution in [0.4, 0.5) is 0 Å². The molecule has 0 heterocycles. The average molecular weight is 455 g/mol. The van der Waals surface area contributed by atoms with Crippen molar-refractivity contribution in [1.82, 2.24) is 0 Å². The number of carbonyl (C=O) groups is 3. The summed E-state index contributed by atoms with van der Waals surface area (Å²) in [5.74, 6) is -1.62. The molecular formula is C27H34O6. The highest BCUT2D eigenvalue weighted by Gasteiger charge is 2.74. The number of esters is 1. The number of ketones is 1. The number of ether oxygens (including phenoxy) is 1. The Morgan fingerprint density at radius 2 is 1.82 bits per heavy atom. The Kier molecular flexibility index (Phi) is 5.06. The van der Waals surface area contributed by atoms with Crippen molar-refractivity contribution in [3.05, 3.63) is 35.9 Å². The van der Waals surface area contributed by atoms with E-state index in [-0.39, 0.29) is 16.7 Å². The minimum Gasteiger partial charge on any atom is -0.481 e. The highest BCUT2D eigenvalue weighted by molar-refractivity contribution is 5.89. The monoisotopic (exact) mass is 454 g/mol. The minimum atomic E-state index is -1.35. The van der Waals surface area contributed by atoms with E-state index in [4.69, 9.17) is 4.74 Å². The van der Waals surface area contributed by atoms with E-state index in [1.807, 2.05) is 6.07 Å². The molecule has 1 aromatic rings. The molecule has 0 radical (unpaired) electrons. The lowest BCUT2D eigenvalue weighted by molar-refractivity contribution is -0.233. The number of benzene rings is 1. The van der Waals surface area contributed by atoms with Gasteiger partial charge in [-0.25, -0.2) is 4.79 Å². The second-order valence-corrected chi connectivity index (χ2v) is 11.6. The van der Waals surface area contributed by atoms with Gasteiger partial charge < -0.3 is 14.9 Å². The lowest BCUT2D eigenvalue weighted by Crippen LogP contribution is -2.67. The van der Waals surface area contributed by atoms with Gasteiger partial charge in [0.2, 0.25) is 0 Å². The van der Waals surface area contributed by atoms with Gasteiger partial charge >= 0.3 is 11.9 Å². The molecule has 0 aromatic heterocycles. The van der Waals surface area contributed by atoms with Gasteiger partial charge in [0.1, 0.15) is 11.9 Å². The van der Waals surface area contributed by atoms with Gasteiger partial charge in [-0.2, -0.15) is 0 Å². The van der Waals surface area contributed by atoms with E-state index in [9.17, 15) is 24.6 Å². The standard InChI is InChI=1S/C27H34O6/c1-24-11-12-27(15-24)18(14-20(24)29)13-19(33-22(30)17-7-4-3-5-8-17)21-25(27,2)9-6-10-26(21,16-28)23(31)32/h3-5,7-8,18-19,21,28H,6,9-16H2,1-2H3,(H,31,32)/t18-,19+,21?,24-,25-,26+,27-/m0/s1. The summed E-state index contributed by atoms with van der Waals surface area (Å²) < 4.78 is 6.11. The van der Waals surface area contributed by atoms with Gasteiger partial charge in [0.15, 0.2) is 0 Å². The van der Waals surface area contributed by atoms with Gasteiger partial charge in [-0.3, -0.25) is 9.59 Å². The second-order valence-electron chi connectivity index (χ2n) is 11.6. The summed E-state index contributed by atoms with van der Waals surface area (Å²) >= 11 is 0. The molecule has 0 aliphatic heterocycles. The van der Waals surface area contributed by atoms with Gasteiger partial charge in [0.05, 0.1) is 17.6 Å². The fraction of sp³-hybridized carbons (Fsp3) is 0.667. The predicted octanol–water partition coefficient (Wildman–Crippen LogP) is 4.25. The van der Waals surface area contributed by atoms with E-state index in [0.29, 0.717) is 37.0 Å². The molecule has 5 rings (SSSR count). The van der Waals surface area contributed by atoms with Crippen LogP contribution >= 0.6 is 0 Å². The lowest BCUT2D eigenvalue weighted by Gasteiger charge is -2.67. The van der Waals surface area contributed by atoms with Gasteiger partial charge in [0, 0.05) is 17.8 Å². The van der Waals surface area contributed by atoms with Crippen LogP contribution in [-0.4, -0.2) is 40.6 Å². The van der Waals surface area contributed by atoms with Crippen LogP contribution < -0.4 is 0 Å². The van der Waals surface area contributed by atoms with Crippen molar-refractivity contribution in [1.29, 1.82) is 0 Å². The van der Waals surface area contributed by atoms with Crippen molar-refractivity contribution >= 4 is 17.7 Å². The Morgan fingerprint density at radius 3 is 2.48 bits per heavy atom. The fourth-order valence-corrected chi connectivity index (χ4v) is 8.70. The summed E-state index contributed by atoms with van der Waals surface area (Å²) in [4.78, 5) is 38.9. The molecule has 0 saturated heterocycles. The molecule has 2 N–H and O–H groups in total. The Hall–Kier alpha value is -2.21. The summed E-state index contributed by atoms with van der Waals surface area (Å²) in [6.07, 6.45) is 4.70. The Balaban J connectivity index is 1.62. The van der Waals surface area contributed by atoms with E-state index in [2.05, 4.69) is 13.8 Å². The van der Waals surface area contributed by atoms with Gasteiger partial charge in [-0.05, 0) is 67.4 Å². The van der Waals surface area contributed by atoms with E-state index in [1.54, 1.807) is 24.3 Å². The molecule has 7 atom stereocenters. The summed E-state index contributed by atoms with van der Waals surface area (Å²) in [5, 5.41) is 20.9. The zero-order chi connectivity index (χ0) is 23.6. The summed E-state index contributed by atoms with van der Waals surface area (Å²) in [5.41, 5.74) is -1.87. The van der Waals surface area contributed by atoms with Crippen molar-refractivity contribution in [2.24, 2.45) is 33.5 Å². The topological polar surface area (TPSA) is 101 Å². The molecule has 6 nitrogen and oxygen atoms in total. The van der Waals surface area contributed by atoms with Crippen LogP contribution in [0.2, 0.25) is 0 Å².